The molecule has 174 valence electrons. The van der Waals surface area contributed by atoms with Crippen LogP contribution in [-0.2, 0) is 16.1 Å². The molecular weight excluding hydrogens is 451 g/mol. The van der Waals surface area contributed by atoms with Crippen LogP contribution in [0.5, 0.6) is 11.5 Å². The highest BCUT2D eigenvalue weighted by Gasteiger charge is 2.29. The zero-order valence-corrected chi connectivity index (χ0v) is 20.4. The largest absolute Gasteiger partial charge is 0.497 e. The molecular formula is C24H30Cl2N2O4. The minimum absolute atomic E-state index is 0.187. The Morgan fingerprint density at radius 3 is 2.34 bits per heavy atom. The van der Waals surface area contributed by atoms with Gasteiger partial charge in [-0.2, -0.15) is 0 Å². The van der Waals surface area contributed by atoms with Crippen LogP contribution in [0.4, 0.5) is 0 Å². The summed E-state index contributed by atoms with van der Waals surface area (Å²) in [4.78, 5) is 27.6. The van der Waals surface area contributed by atoms with E-state index in [1.54, 1.807) is 30.2 Å². The number of carbonyl (C=O) groups is 2. The van der Waals surface area contributed by atoms with Crippen LogP contribution in [0, 0.1) is 5.92 Å². The quantitative estimate of drug-likeness (QED) is 0.493. The lowest BCUT2D eigenvalue weighted by Gasteiger charge is -2.31. The third-order valence-corrected chi connectivity index (χ3v) is 5.36. The maximum Gasteiger partial charge on any atom is 0.261 e. The second-order valence-electron chi connectivity index (χ2n) is 7.80. The van der Waals surface area contributed by atoms with E-state index < -0.39 is 6.04 Å². The standard InChI is InChI=1S/C24H30Cl2N2O4/c1-5-21(24(30)27-13-16(2)3)28(14-17-6-9-19(31-4)10-7-17)23(29)15-32-22-11-8-18(25)12-20(22)26/h6-12,16,21H,5,13-15H2,1-4H3,(H,27,30)/t21-/m1/s1. The van der Waals surface area contributed by atoms with Crippen molar-refractivity contribution >= 4 is 35.0 Å². The zero-order valence-electron chi connectivity index (χ0n) is 18.9. The molecule has 0 aromatic heterocycles. The van der Waals surface area contributed by atoms with Gasteiger partial charge < -0.3 is 19.7 Å². The molecule has 0 aliphatic heterocycles. The predicted molar refractivity (Wildman–Crippen MR) is 127 cm³/mol. The summed E-state index contributed by atoms with van der Waals surface area (Å²) in [6.45, 7) is 6.46. The molecule has 0 unspecified atom stereocenters. The number of amides is 2. The first-order valence-electron chi connectivity index (χ1n) is 10.5. The van der Waals surface area contributed by atoms with Gasteiger partial charge in [-0.1, -0.05) is 56.1 Å². The van der Waals surface area contributed by atoms with Crippen LogP contribution >= 0.6 is 23.2 Å². The molecule has 0 aliphatic carbocycles. The highest BCUT2D eigenvalue weighted by molar-refractivity contribution is 6.35. The Morgan fingerprint density at radius 1 is 1.09 bits per heavy atom. The molecule has 0 fully saturated rings. The lowest BCUT2D eigenvalue weighted by Crippen LogP contribution is -2.50. The van der Waals surface area contributed by atoms with Crippen molar-refractivity contribution < 1.29 is 19.1 Å². The Morgan fingerprint density at radius 2 is 1.78 bits per heavy atom. The lowest BCUT2D eigenvalue weighted by molar-refractivity contribution is -0.143. The summed E-state index contributed by atoms with van der Waals surface area (Å²) in [5.74, 6) is 0.865. The number of carbonyl (C=O) groups excluding carboxylic acids is 2. The summed E-state index contributed by atoms with van der Waals surface area (Å²) in [5, 5.41) is 3.72. The number of nitrogens with zero attached hydrogens (tertiary/aromatic N) is 1. The van der Waals surface area contributed by atoms with Crippen molar-refractivity contribution in [3.8, 4) is 11.5 Å². The molecule has 0 saturated heterocycles. The highest BCUT2D eigenvalue weighted by Crippen LogP contribution is 2.27. The first-order chi connectivity index (χ1) is 15.2. The van der Waals surface area contributed by atoms with Gasteiger partial charge in [-0.3, -0.25) is 9.59 Å². The Kier molecular flexibility index (Phi) is 10.1. The molecule has 2 rings (SSSR count). The molecule has 2 aromatic carbocycles. The Bertz CT molecular complexity index is 903. The second-order valence-corrected chi connectivity index (χ2v) is 8.64. The van der Waals surface area contributed by atoms with Crippen LogP contribution in [0.15, 0.2) is 42.5 Å². The summed E-state index contributed by atoms with van der Waals surface area (Å²) < 4.78 is 10.9. The third-order valence-electron chi connectivity index (χ3n) is 4.83. The maximum atomic E-state index is 13.2. The van der Waals surface area contributed by atoms with Gasteiger partial charge in [0, 0.05) is 18.1 Å². The smallest absolute Gasteiger partial charge is 0.261 e. The SMILES string of the molecule is CC[C@H](C(=O)NCC(C)C)N(Cc1ccc(OC)cc1)C(=O)COc1ccc(Cl)cc1Cl. The number of benzene rings is 2. The molecule has 1 atom stereocenters. The van der Waals surface area contributed by atoms with Crippen LogP contribution in [0.3, 0.4) is 0 Å². The van der Waals surface area contributed by atoms with E-state index in [1.165, 1.54) is 0 Å². The van der Waals surface area contributed by atoms with Crippen molar-refractivity contribution in [3.05, 3.63) is 58.1 Å². The van der Waals surface area contributed by atoms with E-state index in [4.69, 9.17) is 32.7 Å². The van der Waals surface area contributed by atoms with Gasteiger partial charge in [0.2, 0.25) is 5.91 Å². The van der Waals surface area contributed by atoms with Crippen molar-refractivity contribution in [2.75, 3.05) is 20.3 Å². The van der Waals surface area contributed by atoms with Crippen LogP contribution in [0.2, 0.25) is 10.0 Å². The van der Waals surface area contributed by atoms with Gasteiger partial charge in [-0.15, -0.1) is 0 Å². The molecule has 0 bridgehead atoms. The minimum Gasteiger partial charge on any atom is -0.497 e. The normalized spacial score (nSPS) is 11.7. The number of nitrogens with one attached hydrogen (secondary N) is 1. The van der Waals surface area contributed by atoms with E-state index in [-0.39, 0.29) is 25.0 Å². The molecule has 8 heteroatoms. The number of hydrogen-bond acceptors (Lipinski definition) is 4. The van der Waals surface area contributed by atoms with E-state index in [0.717, 1.165) is 5.56 Å². The fourth-order valence-corrected chi connectivity index (χ4v) is 3.55. The molecule has 2 aromatic rings. The van der Waals surface area contributed by atoms with E-state index >= 15 is 0 Å². The van der Waals surface area contributed by atoms with Gasteiger partial charge in [0.15, 0.2) is 6.61 Å². The van der Waals surface area contributed by atoms with Crippen molar-refractivity contribution in [2.24, 2.45) is 5.92 Å². The van der Waals surface area contributed by atoms with Crippen LogP contribution in [0.1, 0.15) is 32.8 Å². The molecule has 0 spiro atoms. The summed E-state index contributed by atoms with van der Waals surface area (Å²) in [7, 11) is 1.59. The molecule has 1 N–H and O–H groups in total. The molecule has 2 amide bonds. The summed E-state index contributed by atoms with van der Waals surface area (Å²) in [5.41, 5.74) is 0.874. The van der Waals surface area contributed by atoms with E-state index in [9.17, 15) is 9.59 Å². The lowest BCUT2D eigenvalue weighted by atomic mass is 10.1. The van der Waals surface area contributed by atoms with Gasteiger partial charge in [0.05, 0.1) is 12.1 Å². The third kappa shape index (κ3) is 7.61. The fourth-order valence-electron chi connectivity index (χ4n) is 3.08. The first-order valence-corrected chi connectivity index (χ1v) is 11.3. The van der Waals surface area contributed by atoms with Crippen LogP contribution in [0.25, 0.3) is 0 Å². The van der Waals surface area contributed by atoms with Gasteiger partial charge in [0.1, 0.15) is 17.5 Å². The van der Waals surface area contributed by atoms with Crippen LogP contribution < -0.4 is 14.8 Å². The Labute approximate surface area is 199 Å². The molecule has 0 heterocycles. The Hall–Kier alpha value is -2.44. The molecule has 32 heavy (non-hydrogen) atoms. The van der Waals surface area contributed by atoms with Crippen molar-refractivity contribution in [1.29, 1.82) is 0 Å². The van der Waals surface area contributed by atoms with E-state index in [2.05, 4.69) is 5.32 Å². The van der Waals surface area contributed by atoms with E-state index in [1.807, 2.05) is 45.0 Å². The maximum absolute atomic E-state index is 13.2. The average Bonchev–Trinajstić information content (AvgIpc) is 2.77. The predicted octanol–water partition coefficient (Wildman–Crippen LogP) is 4.96. The van der Waals surface area contributed by atoms with Gasteiger partial charge >= 0.3 is 0 Å². The van der Waals surface area contributed by atoms with Crippen molar-refractivity contribution in [1.82, 2.24) is 10.2 Å². The van der Waals surface area contributed by atoms with Crippen molar-refractivity contribution in [2.45, 2.75) is 39.8 Å². The summed E-state index contributed by atoms with van der Waals surface area (Å²) >= 11 is 12.1. The monoisotopic (exact) mass is 480 g/mol. The number of ether oxygens (including phenoxy) is 2. The molecule has 0 aliphatic rings. The number of halogens is 2. The highest BCUT2D eigenvalue weighted by atomic mass is 35.5. The number of rotatable bonds is 11. The topological polar surface area (TPSA) is 67.9 Å². The Balaban J connectivity index is 2.21. The summed E-state index contributed by atoms with van der Waals surface area (Å²) in [6.07, 6.45) is 0.466. The van der Waals surface area contributed by atoms with E-state index in [0.29, 0.717) is 40.4 Å². The fraction of sp³-hybridized carbons (Fsp3) is 0.417. The number of methoxy groups -OCH3 is 1. The first kappa shape index (κ1) is 25.8. The molecule has 0 radical (unpaired) electrons. The molecule has 0 saturated carbocycles. The summed E-state index contributed by atoms with van der Waals surface area (Å²) in [6, 6.07) is 11.5. The zero-order chi connectivity index (χ0) is 23.7. The van der Waals surface area contributed by atoms with Gasteiger partial charge in [-0.25, -0.2) is 0 Å². The van der Waals surface area contributed by atoms with Gasteiger partial charge in [-0.05, 0) is 48.2 Å². The average molecular weight is 481 g/mol. The minimum atomic E-state index is -0.632. The number of hydrogen-bond donors (Lipinski definition) is 1. The van der Waals surface area contributed by atoms with Crippen LogP contribution in [-0.4, -0.2) is 43.0 Å². The van der Waals surface area contributed by atoms with Gasteiger partial charge in [0.25, 0.3) is 5.91 Å². The van der Waals surface area contributed by atoms with Crippen molar-refractivity contribution in [3.63, 3.8) is 0 Å². The second kappa shape index (κ2) is 12.6. The molecule has 6 nitrogen and oxygen atoms in total.